The van der Waals surface area contributed by atoms with Crippen LogP contribution in [0.25, 0.3) is 0 Å². The number of rotatable bonds is 2. The fourth-order valence-electron chi connectivity index (χ4n) is 1.38. The average Bonchev–Trinajstić information content (AvgIpc) is 2.11. The Balaban J connectivity index is 2.69. The SMILES string of the molecule is CCNCC#Cc1cc(C)cc(C)c1. The maximum Gasteiger partial charge on any atom is 0.0580 e. The van der Waals surface area contributed by atoms with E-state index in [0.29, 0.717) is 0 Å². The molecule has 14 heavy (non-hydrogen) atoms. The third-order valence-electron chi connectivity index (χ3n) is 1.92. The van der Waals surface area contributed by atoms with Crippen LogP contribution < -0.4 is 5.32 Å². The predicted molar refractivity (Wildman–Crippen MR) is 61.3 cm³/mol. The molecule has 0 saturated carbocycles. The molecule has 0 aromatic heterocycles. The van der Waals surface area contributed by atoms with Crippen molar-refractivity contribution < 1.29 is 0 Å². The summed E-state index contributed by atoms with van der Waals surface area (Å²) in [6, 6.07) is 6.40. The molecule has 0 amide bonds. The molecule has 74 valence electrons. The molecule has 0 aliphatic heterocycles. The smallest absolute Gasteiger partial charge is 0.0580 e. The summed E-state index contributed by atoms with van der Waals surface area (Å²) in [6.07, 6.45) is 0. The van der Waals surface area contributed by atoms with Gasteiger partial charge in [-0.1, -0.05) is 24.8 Å². The first-order valence-corrected chi connectivity index (χ1v) is 5.00. The highest BCUT2D eigenvalue weighted by Gasteiger charge is 1.90. The summed E-state index contributed by atoms with van der Waals surface area (Å²) in [4.78, 5) is 0. The second-order valence-electron chi connectivity index (χ2n) is 3.46. The van der Waals surface area contributed by atoms with Crippen LogP contribution in [0.3, 0.4) is 0 Å². The summed E-state index contributed by atoms with van der Waals surface area (Å²) in [7, 11) is 0. The molecule has 1 heteroatoms. The summed E-state index contributed by atoms with van der Waals surface area (Å²) >= 11 is 0. The Kier molecular flexibility index (Phi) is 4.22. The molecule has 0 radical (unpaired) electrons. The molecule has 0 spiro atoms. The molecular formula is C13H17N. The van der Waals surface area contributed by atoms with Gasteiger partial charge in [0.15, 0.2) is 0 Å². The van der Waals surface area contributed by atoms with Gasteiger partial charge >= 0.3 is 0 Å². The van der Waals surface area contributed by atoms with Gasteiger partial charge in [-0.15, -0.1) is 0 Å². The van der Waals surface area contributed by atoms with Crippen molar-refractivity contribution in [3.8, 4) is 11.8 Å². The minimum absolute atomic E-state index is 0.767. The summed E-state index contributed by atoms with van der Waals surface area (Å²) in [5.74, 6) is 6.24. The van der Waals surface area contributed by atoms with Crippen molar-refractivity contribution in [2.75, 3.05) is 13.1 Å². The van der Waals surface area contributed by atoms with Crippen molar-refractivity contribution >= 4 is 0 Å². The van der Waals surface area contributed by atoms with Gasteiger partial charge in [0.1, 0.15) is 0 Å². The Hall–Kier alpha value is -1.26. The standard InChI is InChI=1S/C13H17N/c1-4-14-7-5-6-13-9-11(2)8-12(3)10-13/h8-10,14H,4,7H2,1-3H3. The first-order valence-electron chi connectivity index (χ1n) is 5.00. The van der Waals surface area contributed by atoms with Crippen LogP contribution in [0.15, 0.2) is 18.2 Å². The number of hydrogen-bond donors (Lipinski definition) is 1. The summed E-state index contributed by atoms with van der Waals surface area (Å²) in [5.41, 5.74) is 3.66. The van der Waals surface area contributed by atoms with Crippen LogP contribution in [0.2, 0.25) is 0 Å². The van der Waals surface area contributed by atoms with Crippen LogP contribution >= 0.6 is 0 Å². The zero-order valence-corrected chi connectivity index (χ0v) is 9.15. The Morgan fingerprint density at radius 3 is 2.36 bits per heavy atom. The van der Waals surface area contributed by atoms with Gasteiger partial charge in [-0.05, 0) is 43.7 Å². The Morgan fingerprint density at radius 1 is 1.14 bits per heavy atom. The number of hydrogen-bond acceptors (Lipinski definition) is 1. The average molecular weight is 187 g/mol. The topological polar surface area (TPSA) is 12.0 Å². The van der Waals surface area contributed by atoms with Crippen LogP contribution in [0.4, 0.5) is 0 Å². The maximum absolute atomic E-state index is 3.17. The lowest BCUT2D eigenvalue weighted by Gasteiger charge is -1.97. The predicted octanol–water partition coefficient (Wildman–Crippen LogP) is 2.26. The molecule has 1 N–H and O–H groups in total. The summed E-state index contributed by atoms with van der Waals surface area (Å²) in [5, 5.41) is 3.17. The molecule has 0 saturated heterocycles. The quantitative estimate of drug-likeness (QED) is 0.553. The van der Waals surface area contributed by atoms with Gasteiger partial charge in [-0.3, -0.25) is 0 Å². The second kappa shape index (κ2) is 5.47. The van der Waals surface area contributed by atoms with Crippen molar-refractivity contribution in [3.63, 3.8) is 0 Å². The highest BCUT2D eigenvalue weighted by atomic mass is 14.8. The number of aryl methyl sites for hydroxylation is 2. The third kappa shape index (κ3) is 3.64. The normalized spacial score (nSPS) is 9.36. The van der Waals surface area contributed by atoms with Crippen LogP contribution in [-0.2, 0) is 0 Å². The molecule has 0 aliphatic carbocycles. The molecule has 0 atom stereocenters. The molecule has 0 bridgehead atoms. The van der Waals surface area contributed by atoms with Crippen molar-refractivity contribution in [1.29, 1.82) is 0 Å². The van der Waals surface area contributed by atoms with Gasteiger partial charge in [-0.25, -0.2) is 0 Å². The Morgan fingerprint density at radius 2 is 1.79 bits per heavy atom. The minimum atomic E-state index is 0.767. The molecule has 0 heterocycles. The first kappa shape index (κ1) is 10.8. The van der Waals surface area contributed by atoms with Gasteiger partial charge in [0.2, 0.25) is 0 Å². The van der Waals surface area contributed by atoms with E-state index in [-0.39, 0.29) is 0 Å². The van der Waals surface area contributed by atoms with E-state index in [0.717, 1.165) is 18.7 Å². The second-order valence-corrected chi connectivity index (χ2v) is 3.46. The molecule has 0 unspecified atom stereocenters. The monoisotopic (exact) mass is 187 g/mol. The van der Waals surface area contributed by atoms with Crippen LogP contribution in [0.1, 0.15) is 23.6 Å². The van der Waals surface area contributed by atoms with E-state index in [1.807, 2.05) is 0 Å². The van der Waals surface area contributed by atoms with Crippen LogP contribution in [0.5, 0.6) is 0 Å². The Labute approximate surface area is 86.5 Å². The van der Waals surface area contributed by atoms with Crippen LogP contribution in [-0.4, -0.2) is 13.1 Å². The van der Waals surface area contributed by atoms with Gasteiger partial charge in [-0.2, -0.15) is 0 Å². The van der Waals surface area contributed by atoms with Crippen LogP contribution in [0, 0.1) is 25.7 Å². The lowest BCUT2D eigenvalue weighted by Crippen LogP contribution is -2.11. The zero-order chi connectivity index (χ0) is 10.4. The van der Waals surface area contributed by atoms with Gasteiger partial charge in [0, 0.05) is 5.56 Å². The number of nitrogens with one attached hydrogen (secondary N) is 1. The third-order valence-corrected chi connectivity index (χ3v) is 1.92. The van der Waals surface area contributed by atoms with Gasteiger partial charge in [0.25, 0.3) is 0 Å². The molecule has 0 fully saturated rings. The van der Waals surface area contributed by atoms with E-state index in [9.17, 15) is 0 Å². The molecule has 1 nitrogen and oxygen atoms in total. The van der Waals surface area contributed by atoms with E-state index >= 15 is 0 Å². The molecule has 1 aromatic carbocycles. The van der Waals surface area contributed by atoms with Gasteiger partial charge in [0.05, 0.1) is 6.54 Å². The first-order chi connectivity index (χ1) is 6.72. The fraction of sp³-hybridized carbons (Fsp3) is 0.385. The van der Waals surface area contributed by atoms with E-state index in [4.69, 9.17) is 0 Å². The van der Waals surface area contributed by atoms with Crippen molar-refractivity contribution in [2.24, 2.45) is 0 Å². The zero-order valence-electron chi connectivity index (χ0n) is 9.15. The van der Waals surface area contributed by atoms with E-state index in [1.165, 1.54) is 11.1 Å². The lowest BCUT2D eigenvalue weighted by molar-refractivity contribution is 0.811. The van der Waals surface area contributed by atoms with Gasteiger partial charge < -0.3 is 5.32 Å². The molecule has 1 aromatic rings. The minimum Gasteiger partial charge on any atom is -0.306 e. The summed E-state index contributed by atoms with van der Waals surface area (Å²) < 4.78 is 0. The maximum atomic E-state index is 3.17. The van der Waals surface area contributed by atoms with Crippen molar-refractivity contribution in [3.05, 3.63) is 34.9 Å². The van der Waals surface area contributed by atoms with E-state index in [1.54, 1.807) is 0 Å². The van der Waals surface area contributed by atoms with Crippen molar-refractivity contribution in [1.82, 2.24) is 5.32 Å². The lowest BCUT2D eigenvalue weighted by atomic mass is 10.1. The van der Waals surface area contributed by atoms with E-state index < -0.39 is 0 Å². The molecule has 1 rings (SSSR count). The fourth-order valence-corrected chi connectivity index (χ4v) is 1.38. The van der Waals surface area contributed by atoms with E-state index in [2.05, 4.69) is 56.1 Å². The molecular weight excluding hydrogens is 170 g/mol. The highest BCUT2D eigenvalue weighted by Crippen LogP contribution is 2.06. The van der Waals surface area contributed by atoms with Crippen molar-refractivity contribution in [2.45, 2.75) is 20.8 Å². The summed E-state index contributed by atoms with van der Waals surface area (Å²) in [6.45, 7) is 8.02. The highest BCUT2D eigenvalue weighted by molar-refractivity contribution is 5.40. The molecule has 0 aliphatic rings. The number of benzene rings is 1. The Bertz CT molecular complexity index is 335. The largest absolute Gasteiger partial charge is 0.306 e.